The third-order valence-corrected chi connectivity index (χ3v) is 3.27. The van der Waals surface area contributed by atoms with Gasteiger partial charge in [-0.3, -0.25) is 14.9 Å². The maximum atomic E-state index is 12.3. The third-order valence-electron chi connectivity index (χ3n) is 3.27. The summed E-state index contributed by atoms with van der Waals surface area (Å²) < 4.78 is 4.61. The van der Waals surface area contributed by atoms with E-state index < -0.39 is 16.8 Å². The number of hydrogen-bond donors (Lipinski definition) is 2. The number of ether oxygens (including phenoxy) is 1. The van der Waals surface area contributed by atoms with E-state index in [1.54, 1.807) is 25.2 Å². The molecule has 2 aromatic rings. The molecule has 0 saturated carbocycles. The number of carbonyl (C=O) groups is 2. The van der Waals surface area contributed by atoms with E-state index in [-0.39, 0.29) is 16.8 Å². The first-order valence-corrected chi connectivity index (χ1v) is 6.92. The van der Waals surface area contributed by atoms with Crippen molar-refractivity contribution in [3.63, 3.8) is 0 Å². The second kappa shape index (κ2) is 7.23. The molecule has 0 spiro atoms. The van der Waals surface area contributed by atoms with Crippen LogP contribution in [-0.4, -0.2) is 31.0 Å². The summed E-state index contributed by atoms with van der Waals surface area (Å²) in [5.74, 6) is -1.05. The second-order valence-corrected chi connectivity index (χ2v) is 4.77. The van der Waals surface area contributed by atoms with Gasteiger partial charge in [0.15, 0.2) is 0 Å². The molecule has 0 heterocycles. The molecular formula is C16H15N3O5. The number of amides is 1. The average Bonchev–Trinajstić information content (AvgIpc) is 2.60. The predicted octanol–water partition coefficient (Wildman–Crippen LogP) is 2.68. The van der Waals surface area contributed by atoms with Crippen LogP contribution < -0.4 is 10.6 Å². The molecule has 0 radical (unpaired) electrons. The van der Waals surface area contributed by atoms with Gasteiger partial charge in [-0.15, -0.1) is 0 Å². The molecule has 0 aliphatic heterocycles. The van der Waals surface area contributed by atoms with Crippen LogP contribution in [0.4, 0.5) is 17.1 Å². The Morgan fingerprint density at radius 3 is 2.50 bits per heavy atom. The molecule has 2 rings (SSSR count). The lowest BCUT2D eigenvalue weighted by molar-refractivity contribution is -0.384. The molecule has 0 unspecified atom stereocenters. The second-order valence-electron chi connectivity index (χ2n) is 4.77. The molecule has 0 aliphatic rings. The Hall–Kier alpha value is -3.42. The van der Waals surface area contributed by atoms with Crippen molar-refractivity contribution in [1.29, 1.82) is 0 Å². The fourth-order valence-electron chi connectivity index (χ4n) is 2.08. The topological polar surface area (TPSA) is 111 Å². The quantitative estimate of drug-likeness (QED) is 0.496. The van der Waals surface area contributed by atoms with Crippen LogP contribution in [0.5, 0.6) is 0 Å². The average molecular weight is 329 g/mol. The van der Waals surface area contributed by atoms with Gasteiger partial charge in [-0.05, 0) is 30.3 Å². The number of methoxy groups -OCH3 is 1. The maximum absolute atomic E-state index is 12.3. The molecule has 2 aromatic carbocycles. The molecule has 0 bridgehead atoms. The first-order valence-electron chi connectivity index (χ1n) is 6.92. The number of nitro groups is 1. The van der Waals surface area contributed by atoms with Gasteiger partial charge < -0.3 is 15.4 Å². The number of nitro benzene ring substituents is 1. The summed E-state index contributed by atoms with van der Waals surface area (Å²) in [6, 6.07) is 10.3. The highest BCUT2D eigenvalue weighted by atomic mass is 16.6. The number of rotatable bonds is 5. The zero-order valence-corrected chi connectivity index (χ0v) is 13.0. The lowest BCUT2D eigenvalue weighted by atomic mass is 10.1. The van der Waals surface area contributed by atoms with E-state index in [4.69, 9.17) is 0 Å². The van der Waals surface area contributed by atoms with Crippen molar-refractivity contribution < 1.29 is 19.2 Å². The zero-order chi connectivity index (χ0) is 17.7. The molecule has 0 fully saturated rings. The summed E-state index contributed by atoms with van der Waals surface area (Å²) in [5, 5.41) is 16.3. The molecule has 0 aromatic heterocycles. The first-order chi connectivity index (χ1) is 11.5. The minimum absolute atomic E-state index is 0.129. The van der Waals surface area contributed by atoms with Crippen molar-refractivity contribution in [2.24, 2.45) is 0 Å². The Bertz CT molecular complexity index is 804. The number of hydrogen-bond acceptors (Lipinski definition) is 6. The summed E-state index contributed by atoms with van der Waals surface area (Å²) in [6.45, 7) is 0. The first kappa shape index (κ1) is 16.9. The van der Waals surface area contributed by atoms with Crippen LogP contribution in [0.3, 0.4) is 0 Å². The number of esters is 1. The number of nitrogens with zero attached hydrogens (tertiary/aromatic N) is 1. The number of carbonyl (C=O) groups excluding carboxylic acids is 2. The molecular weight excluding hydrogens is 314 g/mol. The monoisotopic (exact) mass is 329 g/mol. The van der Waals surface area contributed by atoms with Gasteiger partial charge in [-0.2, -0.15) is 0 Å². The Kier molecular flexibility index (Phi) is 5.10. The van der Waals surface area contributed by atoms with Gasteiger partial charge in [-0.1, -0.05) is 6.07 Å². The highest BCUT2D eigenvalue weighted by Crippen LogP contribution is 2.25. The zero-order valence-electron chi connectivity index (χ0n) is 13.0. The summed E-state index contributed by atoms with van der Waals surface area (Å²) in [5.41, 5.74) is 0.900. The standard InChI is InChI=1S/C16H15N3O5/c1-17-13-7-6-10(9-14(13)19(22)23)15(20)18-12-5-3-4-11(8-12)16(21)24-2/h3-9,17H,1-2H3,(H,18,20). The summed E-state index contributed by atoms with van der Waals surface area (Å²) in [6.07, 6.45) is 0. The van der Waals surface area contributed by atoms with Gasteiger partial charge in [0.05, 0.1) is 17.6 Å². The van der Waals surface area contributed by atoms with Crippen molar-refractivity contribution in [3.05, 3.63) is 63.7 Å². The Labute approximate surface area is 137 Å². The van der Waals surface area contributed by atoms with E-state index in [1.165, 1.54) is 31.4 Å². The molecule has 124 valence electrons. The summed E-state index contributed by atoms with van der Waals surface area (Å²) in [7, 11) is 2.82. The lowest BCUT2D eigenvalue weighted by Gasteiger charge is -2.08. The normalized spacial score (nSPS) is 9.92. The van der Waals surface area contributed by atoms with E-state index in [2.05, 4.69) is 15.4 Å². The van der Waals surface area contributed by atoms with Crippen LogP contribution in [0.15, 0.2) is 42.5 Å². The SMILES string of the molecule is CNc1ccc(C(=O)Nc2cccc(C(=O)OC)c2)cc1[N+](=O)[O-]. The predicted molar refractivity (Wildman–Crippen MR) is 88.4 cm³/mol. The lowest BCUT2D eigenvalue weighted by Crippen LogP contribution is -2.13. The van der Waals surface area contributed by atoms with Crippen molar-refractivity contribution in [1.82, 2.24) is 0 Å². The highest BCUT2D eigenvalue weighted by Gasteiger charge is 2.17. The van der Waals surface area contributed by atoms with E-state index in [1.807, 2.05) is 0 Å². The Balaban J connectivity index is 2.26. The number of nitrogens with one attached hydrogen (secondary N) is 2. The molecule has 8 heteroatoms. The van der Waals surface area contributed by atoms with Crippen molar-refractivity contribution in [3.8, 4) is 0 Å². The maximum Gasteiger partial charge on any atom is 0.337 e. The molecule has 1 amide bonds. The van der Waals surface area contributed by atoms with Crippen LogP contribution in [0.1, 0.15) is 20.7 Å². The van der Waals surface area contributed by atoms with Crippen LogP contribution in [0, 0.1) is 10.1 Å². The van der Waals surface area contributed by atoms with E-state index in [0.717, 1.165) is 0 Å². The number of benzene rings is 2. The molecule has 0 aliphatic carbocycles. The third kappa shape index (κ3) is 3.67. The fourth-order valence-corrected chi connectivity index (χ4v) is 2.08. The van der Waals surface area contributed by atoms with E-state index in [9.17, 15) is 19.7 Å². The van der Waals surface area contributed by atoms with E-state index >= 15 is 0 Å². The minimum Gasteiger partial charge on any atom is -0.465 e. The van der Waals surface area contributed by atoms with Gasteiger partial charge in [0.1, 0.15) is 5.69 Å². The van der Waals surface area contributed by atoms with Crippen molar-refractivity contribution in [2.45, 2.75) is 0 Å². The van der Waals surface area contributed by atoms with Gasteiger partial charge in [0.2, 0.25) is 0 Å². The van der Waals surface area contributed by atoms with Crippen molar-refractivity contribution >= 4 is 28.9 Å². The molecule has 2 N–H and O–H groups in total. The van der Waals surface area contributed by atoms with Crippen LogP contribution in [-0.2, 0) is 4.74 Å². The molecule has 0 atom stereocenters. The summed E-state index contributed by atoms with van der Waals surface area (Å²) >= 11 is 0. The number of anilines is 2. The van der Waals surface area contributed by atoms with Crippen LogP contribution in [0.25, 0.3) is 0 Å². The minimum atomic E-state index is -0.569. The Morgan fingerprint density at radius 1 is 1.12 bits per heavy atom. The molecule has 0 saturated heterocycles. The van der Waals surface area contributed by atoms with Gasteiger partial charge in [0.25, 0.3) is 11.6 Å². The largest absolute Gasteiger partial charge is 0.465 e. The Morgan fingerprint density at radius 2 is 1.88 bits per heavy atom. The summed E-state index contributed by atoms with van der Waals surface area (Å²) in [4.78, 5) is 34.2. The van der Waals surface area contributed by atoms with Crippen LogP contribution >= 0.6 is 0 Å². The molecule has 8 nitrogen and oxygen atoms in total. The smallest absolute Gasteiger partial charge is 0.337 e. The van der Waals surface area contributed by atoms with Crippen LogP contribution in [0.2, 0.25) is 0 Å². The fraction of sp³-hybridized carbons (Fsp3) is 0.125. The van der Waals surface area contributed by atoms with Gasteiger partial charge in [-0.25, -0.2) is 4.79 Å². The van der Waals surface area contributed by atoms with Gasteiger partial charge in [0, 0.05) is 24.4 Å². The highest BCUT2D eigenvalue weighted by molar-refractivity contribution is 6.05. The van der Waals surface area contributed by atoms with Gasteiger partial charge >= 0.3 is 5.97 Å². The molecule has 24 heavy (non-hydrogen) atoms. The van der Waals surface area contributed by atoms with Crippen molar-refractivity contribution in [2.75, 3.05) is 24.8 Å². The van der Waals surface area contributed by atoms with E-state index in [0.29, 0.717) is 11.4 Å².